The molecule has 0 atom stereocenters. The fraction of sp³-hybridized carbons (Fsp3) is 0.400. The summed E-state index contributed by atoms with van der Waals surface area (Å²) in [4.78, 5) is 11.7. The predicted molar refractivity (Wildman–Crippen MR) is 81.4 cm³/mol. The van der Waals surface area contributed by atoms with Crippen molar-refractivity contribution in [1.82, 2.24) is 10.6 Å². The molecule has 1 amide bonds. The molecule has 0 aliphatic heterocycles. The summed E-state index contributed by atoms with van der Waals surface area (Å²) in [6, 6.07) is 8.41. The summed E-state index contributed by atoms with van der Waals surface area (Å²) in [5, 5.41) is 9.57. The van der Waals surface area contributed by atoms with Crippen LogP contribution >= 0.6 is 11.3 Å². The molecule has 0 aliphatic rings. The maximum atomic E-state index is 11.7. The lowest BCUT2D eigenvalue weighted by Gasteiger charge is -2.22. The summed E-state index contributed by atoms with van der Waals surface area (Å²) < 4.78 is 1.31. The molecule has 1 heterocycles. The molecule has 0 radical (unpaired) electrons. The van der Waals surface area contributed by atoms with E-state index in [1.54, 1.807) is 18.4 Å². The van der Waals surface area contributed by atoms with Gasteiger partial charge in [-0.3, -0.25) is 4.79 Å². The van der Waals surface area contributed by atoms with Gasteiger partial charge in [0, 0.05) is 24.8 Å². The molecule has 2 aromatic rings. The van der Waals surface area contributed by atoms with Gasteiger partial charge in [0.1, 0.15) is 0 Å². The van der Waals surface area contributed by atoms with Crippen molar-refractivity contribution in [3.05, 3.63) is 35.2 Å². The zero-order chi connectivity index (χ0) is 13.9. The summed E-state index contributed by atoms with van der Waals surface area (Å²) in [5.41, 5.74) is 0.911. The van der Waals surface area contributed by atoms with Crippen molar-refractivity contribution in [1.29, 1.82) is 0 Å². The zero-order valence-corrected chi connectivity index (χ0v) is 12.4. The second kappa shape index (κ2) is 5.72. The fourth-order valence-electron chi connectivity index (χ4n) is 2.10. The maximum Gasteiger partial charge on any atom is 0.226 e. The summed E-state index contributed by atoms with van der Waals surface area (Å²) in [6.45, 7) is 5.36. The van der Waals surface area contributed by atoms with Gasteiger partial charge in [-0.05, 0) is 36.2 Å². The SMILES string of the molecule is CNC(=O)C(C)(C)CNCc1csc2ccccc12. The van der Waals surface area contributed by atoms with Crippen LogP contribution in [0.15, 0.2) is 29.6 Å². The monoisotopic (exact) mass is 276 g/mol. The van der Waals surface area contributed by atoms with Crippen molar-refractivity contribution >= 4 is 27.3 Å². The van der Waals surface area contributed by atoms with Gasteiger partial charge >= 0.3 is 0 Å². The Morgan fingerprint density at radius 3 is 2.79 bits per heavy atom. The summed E-state index contributed by atoms with van der Waals surface area (Å²) in [7, 11) is 1.68. The lowest BCUT2D eigenvalue weighted by molar-refractivity contribution is -0.128. The Labute approximate surface area is 118 Å². The van der Waals surface area contributed by atoms with E-state index >= 15 is 0 Å². The molecule has 0 saturated heterocycles. The smallest absolute Gasteiger partial charge is 0.226 e. The Kier molecular flexibility index (Phi) is 4.22. The van der Waals surface area contributed by atoms with E-state index in [1.807, 2.05) is 13.8 Å². The number of amides is 1. The van der Waals surface area contributed by atoms with Gasteiger partial charge in [-0.25, -0.2) is 0 Å². The van der Waals surface area contributed by atoms with Crippen molar-refractivity contribution in [3.63, 3.8) is 0 Å². The fourth-order valence-corrected chi connectivity index (χ4v) is 3.06. The molecule has 4 heteroatoms. The molecule has 0 spiro atoms. The van der Waals surface area contributed by atoms with Crippen LogP contribution in [-0.4, -0.2) is 19.5 Å². The van der Waals surface area contributed by atoms with Crippen LogP contribution in [0, 0.1) is 5.41 Å². The molecule has 102 valence electrons. The number of nitrogens with one attached hydrogen (secondary N) is 2. The highest BCUT2D eigenvalue weighted by Gasteiger charge is 2.25. The van der Waals surface area contributed by atoms with Gasteiger partial charge in [0.05, 0.1) is 5.41 Å². The van der Waals surface area contributed by atoms with Crippen molar-refractivity contribution < 1.29 is 4.79 Å². The van der Waals surface area contributed by atoms with E-state index in [0.717, 1.165) is 6.54 Å². The van der Waals surface area contributed by atoms with Crippen LogP contribution in [0.3, 0.4) is 0 Å². The third-order valence-corrected chi connectivity index (χ3v) is 4.30. The lowest BCUT2D eigenvalue weighted by atomic mass is 9.92. The summed E-state index contributed by atoms with van der Waals surface area (Å²) >= 11 is 1.76. The highest BCUT2D eigenvalue weighted by atomic mass is 32.1. The van der Waals surface area contributed by atoms with Gasteiger partial charge in [0.25, 0.3) is 0 Å². The summed E-state index contributed by atoms with van der Waals surface area (Å²) in [5.74, 6) is 0.0650. The van der Waals surface area contributed by atoms with Crippen LogP contribution in [0.4, 0.5) is 0 Å². The third kappa shape index (κ3) is 3.14. The van der Waals surface area contributed by atoms with Gasteiger partial charge in [-0.2, -0.15) is 0 Å². The van der Waals surface area contributed by atoms with E-state index in [4.69, 9.17) is 0 Å². The first-order valence-corrected chi connectivity index (χ1v) is 7.30. The highest BCUT2D eigenvalue weighted by molar-refractivity contribution is 7.17. The van der Waals surface area contributed by atoms with E-state index < -0.39 is 0 Å². The number of benzene rings is 1. The molecule has 0 saturated carbocycles. The van der Waals surface area contributed by atoms with Gasteiger partial charge in [0.2, 0.25) is 5.91 Å². The van der Waals surface area contributed by atoms with E-state index in [-0.39, 0.29) is 11.3 Å². The number of hydrogen-bond donors (Lipinski definition) is 2. The standard InChI is InChI=1S/C15H20N2OS/c1-15(2,14(18)16-3)10-17-8-11-9-19-13-7-5-4-6-12(11)13/h4-7,9,17H,8,10H2,1-3H3,(H,16,18). The van der Waals surface area contributed by atoms with Crippen molar-refractivity contribution in [2.24, 2.45) is 5.41 Å². The minimum atomic E-state index is -0.388. The molecule has 2 N–H and O–H groups in total. The average molecular weight is 276 g/mol. The van der Waals surface area contributed by atoms with E-state index in [1.165, 1.54) is 15.6 Å². The second-order valence-electron chi connectivity index (χ2n) is 5.32. The van der Waals surface area contributed by atoms with Gasteiger partial charge < -0.3 is 10.6 Å². The number of hydrogen-bond acceptors (Lipinski definition) is 3. The third-order valence-electron chi connectivity index (χ3n) is 3.29. The summed E-state index contributed by atoms with van der Waals surface area (Å²) in [6.07, 6.45) is 0. The Bertz CT molecular complexity index is 574. The highest BCUT2D eigenvalue weighted by Crippen LogP contribution is 2.25. The quantitative estimate of drug-likeness (QED) is 0.881. The number of carbonyl (C=O) groups is 1. The van der Waals surface area contributed by atoms with E-state index in [0.29, 0.717) is 6.54 Å². The lowest BCUT2D eigenvalue weighted by Crippen LogP contribution is -2.41. The number of rotatable bonds is 5. The van der Waals surface area contributed by atoms with E-state index in [9.17, 15) is 4.79 Å². The molecule has 0 unspecified atom stereocenters. The molecule has 1 aromatic heterocycles. The minimum Gasteiger partial charge on any atom is -0.359 e. The number of thiophene rings is 1. The second-order valence-corrected chi connectivity index (χ2v) is 6.23. The molecule has 0 aliphatic carbocycles. The first-order valence-electron chi connectivity index (χ1n) is 6.42. The number of fused-ring (bicyclic) bond motifs is 1. The van der Waals surface area contributed by atoms with E-state index in [2.05, 4.69) is 40.3 Å². The zero-order valence-electron chi connectivity index (χ0n) is 11.6. The first-order chi connectivity index (χ1) is 9.04. The van der Waals surface area contributed by atoms with Crippen LogP contribution in [0.5, 0.6) is 0 Å². The number of carbonyl (C=O) groups excluding carboxylic acids is 1. The van der Waals surface area contributed by atoms with Crippen LogP contribution in [0.1, 0.15) is 19.4 Å². The van der Waals surface area contributed by atoms with Crippen molar-refractivity contribution in [2.75, 3.05) is 13.6 Å². The Balaban J connectivity index is 1.98. The van der Waals surface area contributed by atoms with Crippen LogP contribution in [-0.2, 0) is 11.3 Å². The molecule has 2 rings (SSSR count). The molecule has 0 fully saturated rings. The van der Waals surface area contributed by atoms with Crippen LogP contribution < -0.4 is 10.6 Å². The van der Waals surface area contributed by atoms with Gasteiger partial charge in [0.15, 0.2) is 0 Å². The molecule has 3 nitrogen and oxygen atoms in total. The van der Waals surface area contributed by atoms with Gasteiger partial charge in [-0.1, -0.05) is 18.2 Å². The average Bonchev–Trinajstić information content (AvgIpc) is 2.81. The largest absolute Gasteiger partial charge is 0.359 e. The molecular weight excluding hydrogens is 256 g/mol. The Morgan fingerprint density at radius 2 is 2.05 bits per heavy atom. The van der Waals surface area contributed by atoms with Crippen LogP contribution in [0.2, 0.25) is 0 Å². The Morgan fingerprint density at radius 1 is 1.32 bits per heavy atom. The molecule has 19 heavy (non-hydrogen) atoms. The maximum absolute atomic E-state index is 11.7. The Hall–Kier alpha value is -1.39. The van der Waals surface area contributed by atoms with Crippen molar-refractivity contribution in [3.8, 4) is 0 Å². The first kappa shape index (κ1) is 14.0. The molecular formula is C15H20N2OS. The molecule has 0 bridgehead atoms. The molecule has 1 aromatic carbocycles. The minimum absolute atomic E-state index is 0.0650. The van der Waals surface area contributed by atoms with Crippen molar-refractivity contribution in [2.45, 2.75) is 20.4 Å². The van der Waals surface area contributed by atoms with Gasteiger partial charge in [-0.15, -0.1) is 11.3 Å². The topological polar surface area (TPSA) is 41.1 Å². The van der Waals surface area contributed by atoms with Crippen LogP contribution in [0.25, 0.3) is 10.1 Å². The normalized spacial score (nSPS) is 11.7. The predicted octanol–water partition coefficient (Wildman–Crippen LogP) is 2.76.